The van der Waals surface area contributed by atoms with Crippen molar-refractivity contribution < 1.29 is 9.53 Å². The predicted octanol–water partition coefficient (Wildman–Crippen LogP) is 3.20. The zero-order chi connectivity index (χ0) is 11.4. The quantitative estimate of drug-likeness (QED) is 0.733. The molecule has 2 fully saturated rings. The van der Waals surface area contributed by atoms with Gasteiger partial charge in [-0.25, -0.2) is 0 Å². The third-order valence-corrected chi connectivity index (χ3v) is 4.28. The Morgan fingerprint density at radius 3 is 2.44 bits per heavy atom. The summed E-state index contributed by atoms with van der Waals surface area (Å²) < 4.78 is 5.31. The molecular formula is C14H24O2. The number of carbonyl (C=O) groups is 1. The van der Waals surface area contributed by atoms with Crippen LogP contribution in [0.25, 0.3) is 0 Å². The number of ether oxygens (including phenoxy) is 1. The van der Waals surface area contributed by atoms with Gasteiger partial charge in [-0.3, -0.25) is 4.79 Å². The second-order valence-corrected chi connectivity index (χ2v) is 5.47. The lowest BCUT2D eigenvalue weighted by Crippen LogP contribution is -2.27. The molecule has 2 heteroatoms. The Hall–Kier alpha value is -0.370. The fourth-order valence-electron chi connectivity index (χ4n) is 3.24. The van der Waals surface area contributed by atoms with E-state index in [0.717, 1.165) is 31.8 Å². The molecule has 1 saturated carbocycles. The number of Topliss-reactive ketones (excluding diaryl/α,β-unsaturated/α-hetero) is 1. The number of carbonyl (C=O) groups excluding carboxylic acids is 1. The number of ketones is 1. The fourth-order valence-corrected chi connectivity index (χ4v) is 3.24. The van der Waals surface area contributed by atoms with Crippen molar-refractivity contribution in [2.45, 2.75) is 51.9 Å². The van der Waals surface area contributed by atoms with Crippen LogP contribution in [0.4, 0.5) is 0 Å². The standard InChI is InChI=1S/C14H24O2/c1-2-3-11-4-6-12(7-5-11)14(15)13-8-9-16-10-13/h11-13H,2-10H2,1H3. The van der Waals surface area contributed by atoms with E-state index in [0.29, 0.717) is 18.3 Å². The first-order valence-corrected chi connectivity index (χ1v) is 6.92. The average Bonchev–Trinajstić information content (AvgIpc) is 2.83. The maximum Gasteiger partial charge on any atom is 0.141 e. The summed E-state index contributed by atoms with van der Waals surface area (Å²) in [6.45, 7) is 3.74. The molecular weight excluding hydrogens is 200 g/mol. The molecule has 16 heavy (non-hydrogen) atoms. The molecule has 1 aliphatic carbocycles. The lowest BCUT2D eigenvalue weighted by Gasteiger charge is -2.28. The largest absolute Gasteiger partial charge is 0.381 e. The van der Waals surface area contributed by atoms with Crippen molar-refractivity contribution in [3.05, 3.63) is 0 Å². The molecule has 1 aliphatic heterocycles. The first kappa shape index (κ1) is 12.1. The molecule has 0 N–H and O–H groups in total. The molecule has 0 amide bonds. The van der Waals surface area contributed by atoms with Crippen molar-refractivity contribution in [3.63, 3.8) is 0 Å². The molecule has 92 valence electrons. The summed E-state index contributed by atoms with van der Waals surface area (Å²) in [6, 6.07) is 0. The van der Waals surface area contributed by atoms with Crippen molar-refractivity contribution in [1.29, 1.82) is 0 Å². The van der Waals surface area contributed by atoms with E-state index in [1.54, 1.807) is 0 Å². The molecule has 0 spiro atoms. The van der Waals surface area contributed by atoms with Gasteiger partial charge in [-0.15, -0.1) is 0 Å². The van der Waals surface area contributed by atoms with E-state index >= 15 is 0 Å². The van der Waals surface area contributed by atoms with Gasteiger partial charge in [0, 0.05) is 18.4 Å². The normalized spacial score (nSPS) is 35.2. The highest BCUT2D eigenvalue weighted by Crippen LogP contribution is 2.34. The van der Waals surface area contributed by atoms with Crippen molar-refractivity contribution in [2.24, 2.45) is 17.8 Å². The minimum Gasteiger partial charge on any atom is -0.381 e. The first-order valence-electron chi connectivity index (χ1n) is 6.92. The van der Waals surface area contributed by atoms with E-state index in [2.05, 4.69) is 6.92 Å². The van der Waals surface area contributed by atoms with Gasteiger partial charge >= 0.3 is 0 Å². The minimum atomic E-state index is 0.229. The minimum absolute atomic E-state index is 0.229. The third-order valence-electron chi connectivity index (χ3n) is 4.28. The van der Waals surface area contributed by atoms with Gasteiger partial charge in [0.05, 0.1) is 6.61 Å². The lowest BCUT2D eigenvalue weighted by atomic mass is 9.76. The molecule has 2 aliphatic rings. The van der Waals surface area contributed by atoms with Crippen molar-refractivity contribution in [1.82, 2.24) is 0 Å². The second-order valence-electron chi connectivity index (χ2n) is 5.47. The van der Waals surface area contributed by atoms with E-state index < -0.39 is 0 Å². The predicted molar refractivity (Wildman–Crippen MR) is 64.3 cm³/mol. The number of hydrogen-bond donors (Lipinski definition) is 0. The Morgan fingerprint density at radius 1 is 1.12 bits per heavy atom. The molecule has 0 bridgehead atoms. The van der Waals surface area contributed by atoms with Crippen molar-refractivity contribution in [2.75, 3.05) is 13.2 Å². The molecule has 0 radical (unpaired) electrons. The highest BCUT2D eigenvalue weighted by molar-refractivity contribution is 5.83. The summed E-state index contributed by atoms with van der Waals surface area (Å²) in [5.74, 6) is 1.99. The van der Waals surface area contributed by atoms with Crippen LogP contribution in [0.5, 0.6) is 0 Å². The van der Waals surface area contributed by atoms with Crippen LogP contribution in [0, 0.1) is 17.8 Å². The van der Waals surface area contributed by atoms with Crippen LogP contribution in [0.15, 0.2) is 0 Å². The Morgan fingerprint density at radius 2 is 1.88 bits per heavy atom. The molecule has 2 rings (SSSR count). The molecule has 1 unspecified atom stereocenters. The van der Waals surface area contributed by atoms with E-state index in [1.807, 2.05) is 0 Å². The van der Waals surface area contributed by atoms with Crippen LogP contribution in [0.2, 0.25) is 0 Å². The monoisotopic (exact) mass is 224 g/mol. The Bertz CT molecular complexity index is 223. The molecule has 0 aromatic carbocycles. The third kappa shape index (κ3) is 2.85. The summed E-state index contributed by atoms with van der Waals surface area (Å²) in [4.78, 5) is 12.2. The highest BCUT2D eigenvalue weighted by Gasteiger charge is 2.32. The Kier molecular flexibility index (Phi) is 4.39. The van der Waals surface area contributed by atoms with E-state index in [9.17, 15) is 4.79 Å². The zero-order valence-corrected chi connectivity index (χ0v) is 10.4. The van der Waals surface area contributed by atoms with Crippen LogP contribution in [-0.2, 0) is 9.53 Å². The number of rotatable bonds is 4. The van der Waals surface area contributed by atoms with E-state index in [1.165, 1.54) is 25.7 Å². The second kappa shape index (κ2) is 5.81. The SMILES string of the molecule is CCCC1CCC(C(=O)C2CCOC2)CC1. The van der Waals surface area contributed by atoms with Gasteiger partial charge < -0.3 is 4.74 Å². The average molecular weight is 224 g/mol. The van der Waals surface area contributed by atoms with Gasteiger partial charge in [0.1, 0.15) is 5.78 Å². The molecule has 0 aromatic heterocycles. The van der Waals surface area contributed by atoms with E-state index in [4.69, 9.17) is 4.74 Å². The van der Waals surface area contributed by atoms with Gasteiger partial charge in [-0.05, 0) is 38.0 Å². The van der Waals surface area contributed by atoms with Crippen LogP contribution in [-0.4, -0.2) is 19.0 Å². The number of hydrogen-bond acceptors (Lipinski definition) is 2. The van der Waals surface area contributed by atoms with Gasteiger partial charge in [0.2, 0.25) is 0 Å². The topological polar surface area (TPSA) is 26.3 Å². The van der Waals surface area contributed by atoms with Crippen LogP contribution < -0.4 is 0 Å². The van der Waals surface area contributed by atoms with E-state index in [-0.39, 0.29) is 5.92 Å². The maximum absolute atomic E-state index is 12.2. The molecule has 0 aromatic rings. The first-order chi connectivity index (χ1) is 7.81. The van der Waals surface area contributed by atoms with Crippen LogP contribution in [0.1, 0.15) is 51.9 Å². The van der Waals surface area contributed by atoms with Gasteiger partial charge in [0.15, 0.2) is 0 Å². The van der Waals surface area contributed by atoms with Crippen molar-refractivity contribution in [3.8, 4) is 0 Å². The summed E-state index contributed by atoms with van der Waals surface area (Å²) >= 11 is 0. The fraction of sp³-hybridized carbons (Fsp3) is 0.929. The molecule has 2 nitrogen and oxygen atoms in total. The Labute approximate surface area is 98.7 Å². The summed E-state index contributed by atoms with van der Waals surface area (Å²) in [7, 11) is 0. The zero-order valence-electron chi connectivity index (χ0n) is 10.4. The van der Waals surface area contributed by atoms with Gasteiger partial charge in [0.25, 0.3) is 0 Å². The van der Waals surface area contributed by atoms with Gasteiger partial charge in [-0.2, -0.15) is 0 Å². The van der Waals surface area contributed by atoms with Crippen molar-refractivity contribution >= 4 is 5.78 Å². The molecule has 1 saturated heterocycles. The van der Waals surface area contributed by atoms with Gasteiger partial charge in [-0.1, -0.05) is 19.8 Å². The smallest absolute Gasteiger partial charge is 0.141 e. The summed E-state index contributed by atoms with van der Waals surface area (Å²) in [6.07, 6.45) is 8.44. The van der Waals surface area contributed by atoms with Crippen LogP contribution >= 0.6 is 0 Å². The Balaban J connectivity index is 1.77. The summed E-state index contributed by atoms with van der Waals surface area (Å²) in [5, 5.41) is 0. The lowest BCUT2D eigenvalue weighted by molar-refractivity contribution is -0.128. The van der Waals surface area contributed by atoms with Crippen LogP contribution in [0.3, 0.4) is 0 Å². The molecule has 1 heterocycles. The summed E-state index contributed by atoms with van der Waals surface area (Å²) in [5.41, 5.74) is 0. The highest BCUT2D eigenvalue weighted by atomic mass is 16.5. The molecule has 1 atom stereocenters. The maximum atomic E-state index is 12.2.